The van der Waals surface area contributed by atoms with Gasteiger partial charge in [-0.05, 0) is 32.3 Å². The molecule has 0 radical (unpaired) electrons. The van der Waals surface area contributed by atoms with Gasteiger partial charge in [0.15, 0.2) is 5.82 Å². The Bertz CT molecular complexity index is 706. The standard InChI is InChI=1S/C18H23N3O3S/c1-12-6-13(2)8-14(7-12)10-25-11-17(22)19-9-16-20-18(24-21-16)15-4-3-5-23-15/h6-8,15H,3-5,9-11H2,1-2H3,(H,19,22)/t15-/m1/s1. The number of aryl methyl sites for hydroxylation is 2. The molecule has 6 nitrogen and oxygen atoms in total. The molecule has 134 valence electrons. The summed E-state index contributed by atoms with van der Waals surface area (Å²) in [6.07, 6.45) is 1.82. The van der Waals surface area contributed by atoms with E-state index < -0.39 is 0 Å². The molecule has 1 aliphatic rings. The molecule has 1 atom stereocenters. The summed E-state index contributed by atoms with van der Waals surface area (Å²) in [6.45, 7) is 5.18. The van der Waals surface area contributed by atoms with E-state index in [2.05, 4.69) is 47.5 Å². The molecule has 1 amide bonds. The van der Waals surface area contributed by atoms with Crippen molar-refractivity contribution < 1.29 is 14.1 Å². The highest BCUT2D eigenvalue weighted by atomic mass is 32.2. The van der Waals surface area contributed by atoms with Gasteiger partial charge in [-0.25, -0.2) is 0 Å². The van der Waals surface area contributed by atoms with Crippen LogP contribution in [-0.4, -0.2) is 28.4 Å². The number of ether oxygens (including phenoxy) is 1. The topological polar surface area (TPSA) is 77.2 Å². The zero-order valence-corrected chi connectivity index (χ0v) is 15.4. The molecule has 1 fully saturated rings. The van der Waals surface area contributed by atoms with E-state index >= 15 is 0 Å². The van der Waals surface area contributed by atoms with Crippen LogP contribution in [-0.2, 0) is 21.8 Å². The largest absolute Gasteiger partial charge is 0.368 e. The first-order valence-electron chi connectivity index (χ1n) is 8.46. The highest BCUT2D eigenvalue weighted by molar-refractivity contribution is 7.99. The van der Waals surface area contributed by atoms with Gasteiger partial charge in [-0.3, -0.25) is 4.79 Å². The normalized spacial score (nSPS) is 17.0. The lowest BCUT2D eigenvalue weighted by Crippen LogP contribution is -2.25. The van der Waals surface area contributed by atoms with Crippen molar-refractivity contribution in [3.63, 3.8) is 0 Å². The molecule has 1 aliphatic heterocycles. The van der Waals surface area contributed by atoms with E-state index in [4.69, 9.17) is 9.26 Å². The van der Waals surface area contributed by atoms with Gasteiger partial charge in [0, 0.05) is 12.4 Å². The summed E-state index contributed by atoms with van der Waals surface area (Å²) in [4.78, 5) is 16.2. The predicted octanol–water partition coefficient (Wildman–Crippen LogP) is 3.09. The molecule has 25 heavy (non-hydrogen) atoms. The fourth-order valence-electron chi connectivity index (χ4n) is 2.89. The number of carbonyl (C=O) groups excluding carboxylic acids is 1. The first-order chi connectivity index (χ1) is 12.1. The molecule has 1 N–H and O–H groups in total. The maximum absolute atomic E-state index is 12.0. The van der Waals surface area contributed by atoms with Gasteiger partial charge < -0.3 is 14.6 Å². The molecule has 0 saturated carbocycles. The van der Waals surface area contributed by atoms with Crippen molar-refractivity contribution in [1.29, 1.82) is 0 Å². The Morgan fingerprint density at radius 1 is 1.32 bits per heavy atom. The van der Waals surface area contributed by atoms with Crippen LogP contribution < -0.4 is 5.32 Å². The van der Waals surface area contributed by atoms with E-state index in [1.54, 1.807) is 11.8 Å². The fourth-order valence-corrected chi connectivity index (χ4v) is 3.68. The number of thioether (sulfide) groups is 1. The predicted molar refractivity (Wildman–Crippen MR) is 96.1 cm³/mol. The summed E-state index contributed by atoms with van der Waals surface area (Å²) < 4.78 is 10.7. The van der Waals surface area contributed by atoms with Crippen molar-refractivity contribution in [1.82, 2.24) is 15.5 Å². The van der Waals surface area contributed by atoms with E-state index in [0.717, 1.165) is 25.2 Å². The molecule has 0 aliphatic carbocycles. The first-order valence-corrected chi connectivity index (χ1v) is 9.61. The molecular formula is C18H23N3O3S. The summed E-state index contributed by atoms with van der Waals surface area (Å²) in [6, 6.07) is 6.46. The van der Waals surface area contributed by atoms with E-state index in [9.17, 15) is 4.79 Å². The highest BCUT2D eigenvalue weighted by Crippen LogP contribution is 2.26. The third kappa shape index (κ3) is 5.31. The lowest BCUT2D eigenvalue weighted by Gasteiger charge is -2.05. The van der Waals surface area contributed by atoms with Gasteiger partial charge in [-0.1, -0.05) is 34.5 Å². The molecule has 2 aromatic rings. The van der Waals surface area contributed by atoms with Crippen molar-refractivity contribution in [3.8, 4) is 0 Å². The van der Waals surface area contributed by atoms with E-state index in [1.165, 1.54) is 16.7 Å². The lowest BCUT2D eigenvalue weighted by atomic mass is 10.1. The van der Waals surface area contributed by atoms with Crippen LogP contribution in [0.5, 0.6) is 0 Å². The second-order valence-electron chi connectivity index (χ2n) is 6.32. The van der Waals surface area contributed by atoms with Gasteiger partial charge in [-0.2, -0.15) is 4.98 Å². The van der Waals surface area contributed by atoms with E-state index in [-0.39, 0.29) is 18.6 Å². The monoisotopic (exact) mass is 361 g/mol. The summed E-state index contributed by atoms with van der Waals surface area (Å²) in [5.74, 6) is 2.19. The van der Waals surface area contributed by atoms with Gasteiger partial charge >= 0.3 is 0 Å². The molecular weight excluding hydrogens is 338 g/mol. The van der Waals surface area contributed by atoms with Crippen LogP contribution in [0.25, 0.3) is 0 Å². The van der Waals surface area contributed by atoms with Crippen LogP contribution in [0.2, 0.25) is 0 Å². The average Bonchev–Trinajstić information content (AvgIpc) is 3.23. The summed E-state index contributed by atoms with van der Waals surface area (Å²) >= 11 is 1.60. The van der Waals surface area contributed by atoms with Crippen molar-refractivity contribution in [2.24, 2.45) is 0 Å². The molecule has 2 heterocycles. The van der Waals surface area contributed by atoms with Gasteiger partial charge in [0.2, 0.25) is 5.91 Å². The third-order valence-corrected chi connectivity index (χ3v) is 4.92. The Labute approximate surface area is 151 Å². The molecule has 0 spiro atoms. The zero-order valence-electron chi connectivity index (χ0n) is 14.6. The van der Waals surface area contributed by atoms with Crippen molar-refractivity contribution >= 4 is 17.7 Å². The zero-order chi connectivity index (χ0) is 17.6. The number of rotatable bonds is 7. The molecule has 1 aromatic heterocycles. The highest BCUT2D eigenvalue weighted by Gasteiger charge is 2.23. The number of nitrogens with zero attached hydrogens (tertiary/aromatic N) is 2. The quantitative estimate of drug-likeness (QED) is 0.817. The van der Waals surface area contributed by atoms with Crippen LogP contribution in [0.15, 0.2) is 22.7 Å². The second-order valence-corrected chi connectivity index (χ2v) is 7.30. The molecule has 1 aromatic carbocycles. The third-order valence-electron chi connectivity index (χ3n) is 3.92. The molecule has 0 bridgehead atoms. The fraction of sp³-hybridized carbons (Fsp3) is 0.500. The van der Waals surface area contributed by atoms with Crippen LogP contribution in [0.3, 0.4) is 0 Å². The van der Waals surface area contributed by atoms with Crippen LogP contribution >= 0.6 is 11.8 Å². The molecule has 7 heteroatoms. The molecule has 3 rings (SSSR count). The Morgan fingerprint density at radius 2 is 2.12 bits per heavy atom. The minimum absolute atomic E-state index is 0.0298. The lowest BCUT2D eigenvalue weighted by molar-refractivity contribution is -0.118. The van der Waals surface area contributed by atoms with Crippen molar-refractivity contribution in [3.05, 3.63) is 46.6 Å². The average molecular weight is 361 g/mol. The number of nitrogens with one attached hydrogen (secondary N) is 1. The van der Waals surface area contributed by atoms with Crippen molar-refractivity contribution in [2.45, 2.75) is 45.1 Å². The number of aromatic nitrogens is 2. The van der Waals surface area contributed by atoms with Gasteiger partial charge in [-0.15, -0.1) is 11.8 Å². The van der Waals surface area contributed by atoms with E-state index in [1.807, 2.05) is 0 Å². The maximum Gasteiger partial charge on any atom is 0.255 e. The SMILES string of the molecule is Cc1cc(C)cc(CSCC(=O)NCc2noc([C@H]3CCCO3)n2)c1. The molecule has 0 unspecified atom stereocenters. The Morgan fingerprint density at radius 3 is 2.84 bits per heavy atom. The summed E-state index contributed by atoms with van der Waals surface area (Å²) in [7, 11) is 0. The number of hydrogen-bond donors (Lipinski definition) is 1. The molecule has 1 saturated heterocycles. The van der Waals surface area contributed by atoms with Crippen LogP contribution in [0.4, 0.5) is 0 Å². The smallest absolute Gasteiger partial charge is 0.255 e. The Hall–Kier alpha value is -1.86. The van der Waals surface area contributed by atoms with Crippen molar-refractivity contribution in [2.75, 3.05) is 12.4 Å². The number of hydrogen-bond acceptors (Lipinski definition) is 6. The van der Waals surface area contributed by atoms with Gasteiger partial charge in [0.25, 0.3) is 5.89 Å². The van der Waals surface area contributed by atoms with Gasteiger partial charge in [0.05, 0.1) is 12.3 Å². The Kier molecular flexibility index (Phi) is 6.09. The number of carbonyl (C=O) groups is 1. The Balaban J connectivity index is 1.39. The summed E-state index contributed by atoms with van der Waals surface area (Å²) in [5.41, 5.74) is 3.74. The summed E-state index contributed by atoms with van der Waals surface area (Å²) in [5, 5.41) is 6.72. The van der Waals surface area contributed by atoms with Crippen LogP contribution in [0, 0.1) is 13.8 Å². The maximum atomic E-state index is 12.0. The van der Waals surface area contributed by atoms with Crippen LogP contribution in [0.1, 0.15) is 47.4 Å². The minimum Gasteiger partial charge on any atom is -0.368 e. The second kappa shape index (κ2) is 8.49. The number of amides is 1. The van der Waals surface area contributed by atoms with Gasteiger partial charge in [0.1, 0.15) is 6.10 Å². The first kappa shape index (κ1) is 17.9. The number of benzene rings is 1. The minimum atomic E-state index is -0.0923. The van der Waals surface area contributed by atoms with E-state index in [0.29, 0.717) is 17.5 Å².